The maximum Gasteiger partial charge on any atom is 0.263 e. The van der Waals surface area contributed by atoms with Crippen molar-refractivity contribution < 1.29 is 9.53 Å². The fourth-order valence-electron chi connectivity index (χ4n) is 3.23. The highest BCUT2D eigenvalue weighted by molar-refractivity contribution is 6.09. The van der Waals surface area contributed by atoms with Crippen LogP contribution in [0, 0.1) is 13.8 Å². The number of pyridine rings is 1. The van der Waals surface area contributed by atoms with Gasteiger partial charge >= 0.3 is 0 Å². The quantitative estimate of drug-likeness (QED) is 0.668. The van der Waals surface area contributed by atoms with Crippen molar-refractivity contribution in [2.45, 2.75) is 26.8 Å². The minimum absolute atomic E-state index is 0.181. The zero-order valence-electron chi connectivity index (χ0n) is 15.3. The van der Waals surface area contributed by atoms with Gasteiger partial charge in [-0.05, 0) is 50.1 Å². The van der Waals surface area contributed by atoms with E-state index >= 15 is 0 Å². The van der Waals surface area contributed by atoms with Gasteiger partial charge in [-0.3, -0.25) is 9.59 Å². The van der Waals surface area contributed by atoms with E-state index in [0.29, 0.717) is 30.8 Å². The molecule has 0 radical (unpaired) electrons. The second-order valence-electron chi connectivity index (χ2n) is 6.35. The molecule has 2 N–H and O–H groups in total. The monoisotopic (exact) mass is 353 g/mol. The lowest BCUT2D eigenvalue weighted by Gasteiger charge is -2.14. The summed E-state index contributed by atoms with van der Waals surface area (Å²) in [5.74, 6) is -0.387. The van der Waals surface area contributed by atoms with Gasteiger partial charge in [-0.1, -0.05) is 6.07 Å². The summed E-state index contributed by atoms with van der Waals surface area (Å²) >= 11 is 0. The van der Waals surface area contributed by atoms with Gasteiger partial charge in [0.15, 0.2) is 0 Å². The molecule has 0 saturated carbocycles. The van der Waals surface area contributed by atoms with E-state index in [4.69, 9.17) is 4.74 Å². The van der Waals surface area contributed by atoms with E-state index in [1.807, 2.05) is 43.5 Å². The van der Waals surface area contributed by atoms with E-state index in [2.05, 4.69) is 10.3 Å². The van der Waals surface area contributed by atoms with Crippen LogP contribution in [0.4, 0.5) is 5.69 Å². The van der Waals surface area contributed by atoms with Crippen LogP contribution in [0.15, 0.2) is 41.3 Å². The third-order valence-corrected chi connectivity index (χ3v) is 4.50. The molecule has 1 amide bonds. The SMILES string of the molecule is COCCCn1c(C)cc(C)c(C(=O)Nc2cccc3[nH]ccc23)c1=O. The molecule has 6 nitrogen and oxygen atoms in total. The first kappa shape index (κ1) is 17.9. The van der Waals surface area contributed by atoms with Crippen molar-refractivity contribution in [3.8, 4) is 0 Å². The molecule has 1 aromatic carbocycles. The number of carbonyl (C=O) groups excluding carboxylic acids is 1. The Bertz CT molecular complexity index is 1000. The minimum Gasteiger partial charge on any atom is -0.385 e. The molecule has 136 valence electrons. The van der Waals surface area contributed by atoms with Crippen molar-refractivity contribution >= 4 is 22.5 Å². The molecular formula is C20H23N3O3. The molecule has 0 aliphatic heterocycles. The van der Waals surface area contributed by atoms with Gasteiger partial charge in [0.05, 0.1) is 5.69 Å². The van der Waals surface area contributed by atoms with E-state index in [1.54, 1.807) is 18.6 Å². The number of hydrogen-bond acceptors (Lipinski definition) is 3. The van der Waals surface area contributed by atoms with Gasteiger partial charge < -0.3 is 19.6 Å². The number of amides is 1. The highest BCUT2D eigenvalue weighted by Crippen LogP contribution is 2.22. The lowest BCUT2D eigenvalue weighted by Crippen LogP contribution is -2.32. The van der Waals surface area contributed by atoms with E-state index in [9.17, 15) is 9.59 Å². The van der Waals surface area contributed by atoms with Gasteiger partial charge in [-0.2, -0.15) is 0 Å². The summed E-state index contributed by atoms with van der Waals surface area (Å²) in [5.41, 5.74) is 3.04. The Kier molecular flexibility index (Phi) is 5.23. The number of ether oxygens (including phenoxy) is 1. The number of aromatic amines is 1. The number of hydrogen-bond donors (Lipinski definition) is 2. The molecule has 0 saturated heterocycles. The van der Waals surface area contributed by atoms with Gasteiger partial charge in [0, 0.05) is 43.1 Å². The summed E-state index contributed by atoms with van der Waals surface area (Å²) in [5, 5.41) is 3.79. The number of fused-ring (bicyclic) bond motifs is 1. The van der Waals surface area contributed by atoms with Crippen LogP contribution in [0.25, 0.3) is 10.9 Å². The van der Waals surface area contributed by atoms with Crippen LogP contribution in [0.2, 0.25) is 0 Å². The van der Waals surface area contributed by atoms with Crippen LogP contribution in [-0.2, 0) is 11.3 Å². The molecule has 0 unspecified atom stereocenters. The molecule has 0 bridgehead atoms. The molecule has 26 heavy (non-hydrogen) atoms. The molecule has 3 aromatic rings. The number of H-pyrrole nitrogens is 1. The van der Waals surface area contributed by atoms with Gasteiger partial charge in [-0.25, -0.2) is 0 Å². The number of aromatic nitrogens is 2. The van der Waals surface area contributed by atoms with Crippen LogP contribution < -0.4 is 10.9 Å². The number of benzene rings is 1. The summed E-state index contributed by atoms with van der Waals surface area (Å²) in [7, 11) is 1.63. The average molecular weight is 353 g/mol. The topological polar surface area (TPSA) is 76.1 Å². The summed E-state index contributed by atoms with van der Waals surface area (Å²) in [6, 6.07) is 9.40. The fraction of sp³-hybridized carbons (Fsp3) is 0.300. The lowest BCUT2D eigenvalue weighted by molar-refractivity contribution is 0.102. The molecule has 2 heterocycles. The van der Waals surface area contributed by atoms with Gasteiger partial charge in [0.25, 0.3) is 11.5 Å². The van der Waals surface area contributed by atoms with E-state index in [1.165, 1.54) is 0 Å². The number of aryl methyl sites for hydroxylation is 2. The van der Waals surface area contributed by atoms with Gasteiger partial charge in [0.1, 0.15) is 5.56 Å². The van der Waals surface area contributed by atoms with Crippen molar-refractivity contribution in [2.24, 2.45) is 0 Å². The fourth-order valence-corrected chi connectivity index (χ4v) is 3.23. The lowest BCUT2D eigenvalue weighted by atomic mass is 10.1. The number of carbonyl (C=O) groups is 1. The van der Waals surface area contributed by atoms with Crippen LogP contribution in [0.3, 0.4) is 0 Å². The Morgan fingerprint density at radius 2 is 2.08 bits per heavy atom. The third-order valence-electron chi connectivity index (χ3n) is 4.50. The number of anilines is 1. The Morgan fingerprint density at radius 1 is 1.27 bits per heavy atom. The van der Waals surface area contributed by atoms with Crippen molar-refractivity contribution in [1.82, 2.24) is 9.55 Å². The number of methoxy groups -OCH3 is 1. The van der Waals surface area contributed by atoms with E-state index in [-0.39, 0.29) is 17.0 Å². The van der Waals surface area contributed by atoms with Crippen LogP contribution >= 0.6 is 0 Å². The Labute approximate surface area is 151 Å². The molecule has 0 aliphatic rings. The highest BCUT2D eigenvalue weighted by atomic mass is 16.5. The molecular weight excluding hydrogens is 330 g/mol. The van der Waals surface area contributed by atoms with Crippen molar-refractivity contribution in [3.05, 3.63) is 63.7 Å². The number of rotatable bonds is 6. The molecule has 3 rings (SSSR count). The van der Waals surface area contributed by atoms with Gasteiger partial charge in [0.2, 0.25) is 0 Å². The predicted molar refractivity (Wildman–Crippen MR) is 103 cm³/mol. The van der Waals surface area contributed by atoms with Crippen LogP contribution in [-0.4, -0.2) is 29.2 Å². The van der Waals surface area contributed by atoms with Crippen LogP contribution in [0.1, 0.15) is 28.0 Å². The van der Waals surface area contributed by atoms with Crippen LogP contribution in [0.5, 0.6) is 0 Å². The Hall–Kier alpha value is -2.86. The van der Waals surface area contributed by atoms with E-state index < -0.39 is 0 Å². The molecule has 0 fully saturated rings. The van der Waals surface area contributed by atoms with Crippen molar-refractivity contribution in [1.29, 1.82) is 0 Å². The zero-order valence-corrected chi connectivity index (χ0v) is 15.3. The Balaban J connectivity index is 1.95. The molecule has 0 spiro atoms. The maximum absolute atomic E-state index is 12.9. The predicted octanol–water partition coefficient (Wildman–Crippen LogP) is 3.24. The van der Waals surface area contributed by atoms with Crippen molar-refractivity contribution in [3.63, 3.8) is 0 Å². The smallest absolute Gasteiger partial charge is 0.263 e. The molecule has 6 heteroatoms. The molecule has 0 aliphatic carbocycles. The number of nitrogens with one attached hydrogen (secondary N) is 2. The molecule has 2 aromatic heterocycles. The Morgan fingerprint density at radius 3 is 2.85 bits per heavy atom. The third kappa shape index (κ3) is 3.41. The first-order chi connectivity index (χ1) is 12.5. The number of nitrogens with zero attached hydrogens (tertiary/aromatic N) is 1. The zero-order chi connectivity index (χ0) is 18.7. The first-order valence-corrected chi connectivity index (χ1v) is 8.60. The summed E-state index contributed by atoms with van der Waals surface area (Å²) in [4.78, 5) is 28.9. The standard InChI is InChI=1S/C20H23N3O3/c1-13-12-14(2)23(10-5-11-26-3)20(25)18(13)19(24)22-17-7-4-6-16-15(17)8-9-21-16/h4,6-9,12,21H,5,10-11H2,1-3H3,(H,22,24). The second-order valence-corrected chi connectivity index (χ2v) is 6.35. The minimum atomic E-state index is -0.387. The summed E-state index contributed by atoms with van der Waals surface area (Å²) in [6.45, 7) is 4.76. The maximum atomic E-state index is 12.9. The first-order valence-electron chi connectivity index (χ1n) is 8.60. The summed E-state index contributed by atoms with van der Waals surface area (Å²) < 4.78 is 6.70. The molecule has 0 atom stereocenters. The summed E-state index contributed by atoms with van der Waals surface area (Å²) in [6.07, 6.45) is 2.53. The highest BCUT2D eigenvalue weighted by Gasteiger charge is 2.18. The second kappa shape index (κ2) is 7.58. The largest absolute Gasteiger partial charge is 0.385 e. The van der Waals surface area contributed by atoms with Gasteiger partial charge in [-0.15, -0.1) is 0 Å². The normalized spacial score (nSPS) is 11.0. The van der Waals surface area contributed by atoms with E-state index in [0.717, 1.165) is 16.6 Å². The average Bonchev–Trinajstić information content (AvgIpc) is 3.07. The van der Waals surface area contributed by atoms with Crippen molar-refractivity contribution in [2.75, 3.05) is 19.0 Å².